The molecule has 0 bridgehead atoms. The van der Waals surface area contributed by atoms with Gasteiger partial charge < -0.3 is 9.26 Å². The van der Waals surface area contributed by atoms with Crippen molar-refractivity contribution < 1.29 is 14.1 Å². The maximum atomic E-state index is 11.3. The van der Waals surface area contributed by atoms with Crippen LogP contribution in [0.1, 0.15) is 17.5 Å². The van der Waals surface area contributed by atoms with Gasteiger partial charge in [0, 0.05) is 6.92 Å². The van der Waals surface area contributed by atoms with Gasteiger partial charge in [-0.3, -0.25) is 4.79 Å². The maximum absolute atomic E-state index is 11.3. The Hall–Kier alpha value is -2.10. The van der Waals surface area contributed by atoms with Crippen LogP contribution in [0, 0.1) is 0 Å². The minimum absolute atomic E-state index is 0.136. The molecule has 4 heteroatoms. The number of carbonyl (C=O) groups excluding carboxylic acids is 1. The fourth-order valence-electron chi connectivity index (χ4n) is 1.47. The number of aromatic nitrogens is 1. The van der Waals surface area contributed by atoms with Crippen LogP contribution in [0.15, 0.2) is 35.0 Å². The Morgan fingerprint density at radius 2 is 2.00 bits per heavy atom. The molecule has 0 unspecified atom stereocenters. The van der Waals surface area contributed by atoms with E-state index in [1.54, 1.807) is 13.3 Å². The van der Waals surface area contributed by atoms with Gasteiger partial charge >= 0.3 is 0 Å². The van der Waals surface area contributed by atoms with Crippen molar-refractivity contribution >= 4 is 5.78 Å². The van der Waals surface area contributed by atoms with Crippen LogP contribution in [0.3, 0.4) is 0 Å². The first kappa shape index (κ1) is 10.4. The standard InChI is InChI=1S/C12H11NO3/c1-8(14)12-11(7-13-16-12)9-3-5-10(15-2)6-4-9/h3-7H,1-2H3. The second-order valence-corrected chi connectivity index (χ2v) is 3.35. The van der Waals surface area contributed by atoms with Crippen molar-refractivity contribution in [1.29, 1.82) is 0 Å². The monoisotopic (exact) mass is 217 g/mol. The zero-order valence-electron chi connectivity index (χ0n) is 9.06. The molecule has 0 aliphatic rings. The number of ketones is 1. The molecular formula is C12H11NO3. The second-order valence-electron chi connectivity index (χ2n) is 3.35. The Morgan fingerprint density at radius 1 is 1.31 bits per heavy atom. The molecule has 0 N–H and O–H groups in total. The highest BCUT2D eigenvalue weighted by Gasteiger charge is 2.14. The maximum Gasteiger partial charge on any atom is 0.209 e. The number of rotatable bonds is 3. The first-order chi connectivity index (χ1) is 7.72. The zero-order valence-corrected chi connectivity index (χ0v) is 9.06. The smallest absolute Gasteiger partial charge is 0.209 e. The number of benzene rings is 1. The molecule has 1 aromatic heterocycles. The van der Waals surface area contributed by atoms with Gasteiger partial charge in [-0.05, 0) is 17.7 Å². The number of hydrogen-bond acceptors (Lipinski definition) is 4. The first-order valence-corrected chi connectivity index (χ1v) is 4.82. The molecule has 0 amide bonds. The third-order valence-corrected chi connectivity index (χ3v) is 2.29. The van der Waals surface area contributed by atoms with Crippen molar-refractivity contribution in [3.63, 3.8) is 0 Å². The number of nitrogens with zero attached hydrogens (tertiary/aromatic N) is 1. The fraction of sp³-hybridized carbons (Fsp3) is 0.167. The van der Waals surface area contributed by atoms with Gasteiger partial charge in [-0.2, -0.15) is 0 Å². The number of carbonyl (C=O) groups is 1. The lowest BCUT2D eigenvalue weighted by atomic mass is 10.1. The fourth-order valence-corrected chi connectivity index (χ4v) is 1.47. The molecule has 0 saturated heterocycles. The summed E-state index contributed by atoms with van der Waals surface area (Å²) < 4.78 is 9.96. The van der Waals surface area contributed by atoms with E-state index in [-0.39, 0.29) is 11.5 Å². The number of ether oxygens (including phenoxy) is 1. The third kappa shape index (κ3) is 1.82. The van der Waals surface area contributed by atoms with Crippen molar-refractivity contribution in [3.8, 4) is 16.9 Å². The highest BCUT2D eigenvalue weighted by molar-refractivity contribution is 5.97. The lowest BCUT2D eigenvalue weighted by Gasteiger charge is -2.01. The molecule has 2 aromatic rings. The minimum Gasteiger partial charge on any atom is -0.497 e. The van der Waals surface area contributed by atoms with Crippen molar-refractivity contribution in [1.82, 2.24) is 5.16 Å². The van der Waals surface area contributed by atoms with Crippen LogP contribution < -0.4 is 4.74 Å². The van der Waals surface area contributed by atoms with Gasteiger partial charge in [0.15, 0.2) is 5.78 Å². The SMILES string of the molecule is COc1ccc(-c2cnoc2C(C)=O)cc1. The van der Waals surface area contributed by atoms with E-state index in [2.05, 4.69) is 5.16 Å². The number of Topliss-reactive ketones (excluding diaryl/α,β-unsaturated/α-hetero) is 1. The normalized spacial score (nSPS) is 10.1. The average molecular weight is 217 g/mol. The van der Waals surface area contributed by atoms with Crippen LogP contribution in [-0.4, -0.2) is 18.0 Å². The molecule has 1 aromatic carbocycles. The number of methoxy groups -OCH3 is 1. The van der Waals surface area contributed by atoms with Gasteiger partial charge in [0.1, 0.15) is 5.75 Å². The Kier molecular flexibility index (Phi) is 2.72. The molecule has 0 aliphatic carbocycles. The lowest BCUT2D eigenvalue weighted by Crippen LogP contribution is -1.91. The molecule has 0 fully saturated rings. The van der Waals surface area contributed by atoms with Gasteiger partial charge in [-0.15, -0.1) is 0 Å². The highest BCUT2D eigenvalue weighted by Crippen LogP contribution is 2.25. The van der Waals surface area contributed by atoms with E-state index in [0.717, 1.165) is 11.3 Å². The topological polar surface area (TPSA) is 52.3 Å². The van der Waals surface area contributed by atoms with Crippen LogP contribution in [-0.2, 0) is 0 Å². The molecule has 16 heavy (non-hydrogen) atoms. The van der Waals surface area contributed by atoms with Gasteiger partial charge in [-0.1, -0.05) is 17.3 Å². The van der Waals surface area contributed by atoms with E-state index < -0.39 is 0 Å². The van der Waals surface area contributed by atoms with E-state index in [1.807, 2.05) is 24.3 Å². The molecule has 0 saturated carbocycles. The third-order valence-electron chi connectivity index (χ3n) is 2.29. The van der Waals surface area contributed by atoms with E-state index in [0.29, 0.717) is 5.56 Å². The predicted octanol–water partition coefficient (Wildman–Crippen LogP) is 2.55. The zero-order chi connectivity index (χ0) is 11.5. The average Bonchev–Trinajstić information content (AvgIpc) is 2.78. The van der Waals surface area contributed by atoms with Crippen LogP contribution in [0.2, 0.25) is 0 Å². The molecule has 0 aliphatic heterocycles. The summed E-state index contributed by atoms with van der Waals surface area (Å²) in [5, 5.41) is 3.64. The first-order valence-electron chi connectivity index (χ1n) is 4.82. The summed E-state index contributed by atoms with van der Waals surface area (Å²) in [6, 6.07) is 7.37. The van der Waals surface area contributed by atoms with Crippen LogP contribution in [0.4, 0.5) is 0 Å². The molecule has 4 nitrogen and oxygen atoms in total. The van der Waals surface area contributed by atoms with Crippen LogP contribution in [0.25, 0.3) is 11.1 Å². The predicted molar refractivity (Wildman–Crippen MR) is 58.5 cm³/mol. The summed E-state index contributed by atoms with van der Waals surface area (Å²) in [7, 11) is 1.61. The van der Waals surface area contributed by atoms with Gasteiger partial charge in [0.2, 0.25) is 5.76 Å². The van der Waals surface area contributed by atoms with Crippen LogP contribution >= 0.6 is 0 Å². The Bertz CT molecular complexity index is 499. The highest BCUT2D eigenvalue weighted by atomic mass is 16.5. The Balaban J connectivity index is 2.42. The van der Waals surface area contributed by atoms with E-state index in [1.165, 1.54) is 6.92 Å². The summed E-state index contributed by atoms with van der Waals surface area (Å²) in [4.78, 5) is 11.3. The minimum atomic E-state index is -0.136. The van der Waals surface area contributed by atoms with Gasteiger partial charge in [-0.25, -0.2) is 0 Å². The quantitative estimate of drug-likeness (QED) is 0.741. The molecule has 2 rings (SSSR count). The largest absolute Gasteiger partial charge is 0.497 e. The van der Waals surface area contributed by atoms with E-state index in [9.17, 15) is 4.79 Å². The van der Waals surface area contributed by atoms with Crippen molar-refractivity contribution in [3.05, 3.63) is 36.2 Å². The Labute approximate surface area is 92.8 Å². The van der Waals surface area contributed by atoms with Crippen molar-refractivity contribution in [2.24, 2.45) is 0 Å². The van der Waals surface area contributed by atoms with Crippen molar-refractivity contribution in [2.45, 2.75) is 6.92 Å². The summed E-state index contributed by atoms with van der Waals surface area (Å²) in [6.07, 6.45) is 1.54. The van der Waals surface area contributed by atoms with E-state index >= 15 is 0 Å². The van der Waals surface area contributed by atoms with Gasteiger partial charge in [0.05, 0.1) is 18.9 Å². The molecular weight excluding hydrogens is 206 g/mol. The molecule has 0 atom stereocenters. The lowest BCUT2D eigenvalue weighted by molar-refractivity contribution is 0.0979. The summed E-state index contributed by atoms with van der Waals surface area (Å²) in [5.74, 6) is 0.915. The van der Waals surface area contributed by atoms with Gasteiger partial charge in [0.25, 0.3) is 0 Å². The number of hydrogen-bond donors (Lipinski definition) is 0. The molecule has 1 heterocycles. The van der Waals surface area contributed by atoms with E-state index in [4.69, 9.17) is 9.26 Å². The molecule has 0 radical (unpaired) electrons. The molecule has 0 spiro atoms. The van der Waals surface area contributed by atoms with Crippen molar-refractivity contribution in [2.75, 3.05) is 7.11 Å². The summed E-state index contributed by atoms with van der Waals surface area (Å²) in [5.41, 5.74) is 1.59. The molecule has 82 valence electrons. The summed E-state index contributed by atoms with van der Waals surface area (Å²) >= 11 is 0. The second kappa shape index (κ2) is 4.18. The van der Waals surface area contributed by atoms with Crippen LogP contribution in [0.5, 0.6) is 5.75 Å². The Morgan fingerprint density at radius 3 is 2.56 bits per heavy atom. The summed E-state index contributed by atoms with van der Waals surface area (Å²) in [6.45, 7) is 1.45.